The molecule has 0 aromatic carbocycles. The lowest BCUT2D eigenvalue weighted by molar-refractivity contribution is 0.0488. The zero-order valence-electron chi connectivity index (χ0n) is 13.6. The van der Waals surface area contributed by atoms with Gasteiger partial charge in [0.25, 0.3) is 11.8 Å². The number of methoxy groups -OCH3 is 1. The maximum Gasteiger partial charge on any atom is 0.289 e. The molecule has 1 amide bonds. The molecule has 0 saturated carbocycles. The molecule has 1 saturated heterocycles. The summed E-state index contributed by atoms with van der Waals surface area (Å²) in [7, 11) is 1.34. The maximum atomic E-state index is 13.7. The Morgan fingerprint density at radius 1 is 1.48 bits per heavy atom. The Hall–Kier alpha value is -2.90. The van der Waals surface area contributed by atoms with Crippen LogP contribution in [0.4, 0.5) is 4.39 Å². The molecule has 2 aromatic rings. The van der Waals surface area contributed by atoms with E-state index in [2.05, 4.69) is 4.98 Å². The van der Waals surface area contributed by atoms with Crippen molar-refractivity contribution in [3.63, 3.8) is 0 Å². The van der Waals surface area contributed by atoms with Crippen molar-refractivity contribution in [2.24, 2.45) is 0 Å². The summed E-state index contributed by atoms with van der Waals surface area (Å²) in [4.78, 5) is 29.7. The molecule has 8 heteroatoms. The van der Waals surface area contributed by atoms with Gasteiger partial charge >= 0.3 is 0 Å². The Kier molecular flexibility index (Phi) is 4.97. The summed E-state index contributed by atoms with van der Waals surface area (Å²) < 4.78 is 29.2. The number of halogens is 1. The highest BCUT2D eigenvalue weighted by Gasteiger charge is 2.28. The lowest BCUT2D eigenvalue weighted by Crippen LogP contribution is -2.44. The zero-order valence-corrected chi connectivity index (χ0v) is 13.6. The van der Waals surface area contributed by atoms with Crippen LogP contribution in [0.25, 0.3) is 0 Å². The van der Waals surface area contributed by atoms with Gasteiger partial charge in [-0.1, -0.05) is 0 Å². The fourth-order valence-electron chi connectivity index (χ4n) is 2.65. The van der Waals surface area contributed by atoms with Gasteiger partial charge in [-0.15, -0.1) is 0 Å². The molecule has 25 heavy (non-hydrogen) atoms. The number of nitrogens with zero attached hydrogens (tertiary/aromatic N) is 2. The Bertz CT molecular complexity index is 823. The third-order valence-electron chi connectivity index (χ3n) is 3.90. The highest BCUT2D eigenvalue weighted by Crippen LogP contribution is 2.20. The molecule has 1 aliphatic heterocycles. The molecule has 0 spiro atoms. The smallest absolute Gasteiger partial charge is 0.289 e. The Morgan fingerprint density at radius 3 is 3.04 bits per heavy atom. The van der Waals surface area contributed by atoms with E-state index in [1.807, 2.05) is 0 Å². The second-order valence-electron chi connectivity index (χ2n) is 5.60. The summed E-state index contributed by atoms with van der Waals surface area (Å²) in [6.45, 7) is 0.754. The van der Waals surface area contributed by atoms with Crippen molar-refractivity contribution >= 4 is 5.91 Å². The minimum atomic E-state index is -0.549. The largest absolute Gasteiger partial charge is 0.490 e. The van der Waals surface area contributed by atoms with Gasteiger partial charge in [0.15, 0.2) is 11.6 Å². The number of piperidine rings is 1. The Labute approximate surface area is 143 Å². The lowest BCUT2D eigenvalue weighted by atomic mass is 10.1. The van der Waals surface area contributed by atoms with Crippen LogP contribution in [0.1, 0.15) is 23.4 Å². The topological polar surface area (TPSA) is 81.9 Å². The molecule has 1 unspecified atom stereocenters. The number of pyridine rings is 1. The minimum Gasteiger partial charge on any atom is -0.490 e. The number of rotatable bonds is 4. The third kappa shape index (κ3) is 3.78. The summed E-state index contributed by atoms with van der Waals surface area (Å²) in [5.41, 5.74) is -0.433. The van der Waals surface area contributed by atoms with E-state index in [9.17, 15) is 14.0 Å². The number of carbonyl (C=O) groups is 1. The van der Waals surface area contributed by atoms with Crippen LogP contribution in [0.5, 0.6) is 11.6 Å². The monoisotopic (exact) mass is 348 g/mol. The van der Waals surface area contributed by atoms with E-state index in [1.165, 1.54) is 30.3 Å². The molecule has 0 bridgehead atoms. The van der Waals surface area contributed by atoms with Gasteiger partial charge in [-0.3, -0.25) is 9.59 Å². The van der Waals surface area contributed by atoms with Crippen LogP contribution in [0, 0.1) is 5.82 Å². The molecule has 1 fully saturated rings. The van der Waals surface area contributed by atoms with Crippen LogP contribution in [-0.4, -0.2) is 42.1 Å². The summed E-state index contributed by atoms with van der Waals surface area (Å²) >= 11 is 0. The second kappa shape index (κ2) is 7.33. The standard InChI is InChI=1S/C17H17FN2O5/c1-23-15-10-24-14(8-13(15)21)17(22)20-7-3-4-11(9-20)25-16-12(18)5-2-6-19-16/h2,5-6,8,10-11H,3-4,7,9H2,1H3. The predicted molar refractivity (Wildman–Crippen MR) is 85.3 cm³/mol. The molecular weight excluding hydrogens is 331 g/mol. The van der Waals surface area contributed by atoms with Crippen molar-refractivity contribution in [3.05, 3.63) is 52.5 Å². The first-order chi connectivity index (χ1) is 12.1. The van der Waals surface area contributed by atoms with Crippen LogP contribution in [0.3, 0.4) is 0 Å². The van der Waals surface area contributed by atoms with E-state index in [0.717, 1.165) is 12.3 Å². The Morgan fingerprint density at radius 2 is 2.32 bits per heavy atom. The van der Waals surface area contributed by atoms with Crippen LogP contribution < -0.4 is 14.9 Å². The molecule has 0 aliphatic carbocycles. The number of ether oxygens (including phenoxy) is 2. The minimum absolute atomic E-state index is 0.0297. The van der Waals surface area contributed by atoms with E-state index < -0.39 is 17.2 Å². The van der Waals surface area contributed by atoms with Crippen LogP contribution in [-0.2, 0) is 0 Å². The van der Waals surface area contributed by atoms with Gasteiger partial charge < -0.3 is 18.8 Å². The van der Waals surface area contributed by atoms with Gasteiger partial charge in [0.2, 0.25) is 11.2 Å². The van der Waals surface area contributed by atoms with E-state index in [-0.39, 0.29) is 30.0 Å². The molecule has 132 valence electrons. The summed E-state index contributed by atoms with van der Waals surface area (Å²) in [5, 5.41) is 0. The summed E-state index contributed by atoms with van der Waals surface area (Å²) in [6, 6.07) is 3.84. The number of likely N-dealkylation sites (tertiary alicyclic amines) is 1. The van der Waals surface area contributed by atoms with Gasteiger partial charge in [-0.05, 0) is 25.0 Å². The molecular formula is C17H17FN2O5. The first-order valence-corrected chi connectivity index (χ1v) is 7.81. The van der Waals surface area contributed by atoms with E-state index in [0.29, 0.717) is 19.4 Å². The Balaban J connectivity index is 1.70. The number of carbonyl (C=O) groups excluding carboxylic acids is 1. The second-order valence-corrected chi connectivity index (χ2v) is 5.60. The molecule has 0 radical (unpaired) electrons. The molecule has 1 aliphatic rings. The van der Waals surface area contributed by atoms with Crippen molar-refractivity contribution in [2.75, 3.05) is 20.2 Å². The number of amides is 1. The lowest BCUT2D eigenvalue weighted by Gasteiger charge is -2.32. The molecule has 1 atom stereocenters. The summed E-state index contributed by atoms with van der Waals surface area (Å²) in [6.07, 6.45) is 3.52. The van der Waals surface area contributed by atoms with Crippen molar-refractivity contribution in [1.29, 1.82) is 0 Å². The highest BCUT2D eigenvalue weighted by molar-refractivity contribution is 5.91. The first-order valence-electron chi connectivity index (χ1n) is 7.81. The zero-order chi connectivity index (χ0) is 17.8. The van der Waals surface area contributed by atoms with E-state index in [1.54, 1.807) is 0 Å². The maximum absolute atomic E-state index is 13.7. The van der Waals surface area contributed by atoms with Crippen LogP contribution in [0.15, 0.2) is 39.9 Å². The van der Waals surface area contributed by atoms with Crippen molar-refractivity contribution in [2.45, 2.75) is 18.9 Å². The fourth-order valence-corrected chi connectivity index (χ4v) is 2.65. The quantitative estimate of drug-likeness (QED) is 0.839. The molecule has 0 N–H and O–H groups in total. The number of aromatic nitrogens is 1. The SMILES string of the molecule is COc1coc(C(=O)N2CCCC(Oc3ncccc3F)C2)cc1=O. The van der Waals surface area contributed by atoms with Crippen molar-refractivity contribution in [3.8, 4) is 11.6 Å². The van der Waals surface area contributed by atoms with E-state index in [4.69, 9.17) is 13.9 Å². The van der Waals surface area contributed by atoms with E-state index >= 15 is 0 Å². The first kappa shape index (κ1) is 16.9. The normalized spacial score (nSPS) is 17.2. The average Bonchev–Trinajstić information content (AvgIpc) is 2.63. The molecule has 3 heterocycles. The predicted octanol–water partition coefficient (Wildman–Crippen LogP) is 1.87. The molecule has 3 rings (SSSR count). The van der Waals surface area contributed by atoms with Gasteiger partial charge in [0.1, 0.15) is 12.4 Å². The third-order valence-corrected chi connectivity index (χ3v) is 3.90. The van der Waals surface area contributed by atoms with Gasteiger partial charge in [-0.2, -0.15) is 0 Å². The van der Waals surface area contributed by atoms with Gasteiger partial charge in [0, 0.05) is 18.8 Å². The van der Waals surface area contributed by atoms with Crippen LogP contribution in [0.2, 0.25) is 0 Å². The van der Waals surface area contributed by atoms with Crippen molar-refractivity contribution < 1.29 is 23.1 Å². The fraction of sp³-hybridized carbons (Fsp3) is 0.353. The van der Waals surface area contributed by atoms with Crippen molar-refractivity contribution in [1.82, 2.24) is 9.88 Å². The highest BCUT2D eigenvalue weighted by atomic mass is 19.1. The number of hydrogen-bond acceptors (Lipinski definition) is 6. The summed E-state index contributed by atoms with van der Waals surface area (Å²) in [5.74, 6) is -1.10. The van der Waals surface area contributed by atoms with Gasteiger partial charge in [0.05, 0.1) is 13.7 Å². The average molecular weight is 348 g/mol. The number of hydrogen-bond donors (Lipinski definition) is 0. The van der Waals surface area contributed by atoms with Gasteiger partial charge in [-0.25, -0.2) is 9.37 Å². The van der Waals surface area contributed by atoms with Crippen LogP contribution >= 0.6 is 0 Å². The molecule has 2 aromatic heterocycles. The molecule has 7 nitrogen and oxygen atoms in total.